The van der Waals surface area contributed by atoms with Crippen molar-refractivity contribution < 1.29 is 5.11 Å². The molecule has 2 nitrogen and oxygen atoms in total. The van der Waals surface area contributed by atoms with Gasteiger partial charge in [0.25, 0.3) is 0 Å². The van der Waals surface area contributed by atoms with Gasteiger partial charge in [-0.15, -0.1) is 0 Å². The molecule has 0 spiro atoms. The minimum absolute atomic E-state index is 0.156. The van der Waals surface area contributed by atoms with E-state index in [1.54, 1.807) is 0 Å². The van der Waals surface area contributed by atoms with Gasteiger partial charge in [-0.1, -0.05) is 40.5 Å². The third kappa shape index (κ3) is 5.71. The molecule has 0 aliphatic heterocycles. The summed E-state index contributed by atoms with van der Waals surface area (Å²) in [4.78, 5) is 0. The first-order chi connectivity index (χ1) is 8.43. The topological polar surface area (TPSA) is 32.3 Å². The van der Waals surface area contributed by atoms with Gasteiger partial charge in [0.2, 0.25) is 0 Å². The molecule has 0 radical (unpaired) electrons. The summed E-state index contributed by atoms with van der Waals surface area (Å²) in [6.45, 7) is 10.0. The Morgan fingerprint density at radius 1 is 1.17 bits per heavy atom. The van der Waals surface area contributed by atoms with Gasteiger partial charge in [0.05, 0.1) is 6.10 Å². The summed E-state index contributed by atoms with van der Waals surface area (Å²) >= 11 is 0. The molecular weight excluding hydrogens is 222 g/mol. The molecule has 1 fully saturated rings. The van der Waals surface area contributed by atoms with Gasteiger partial charge in [0.15, 0.2) is 0 Å². The van der Waals surface area contributed by atoms with Crippen LogP contribution in [0, 0.1) is 11.3 Å². The van der Waals surface area contributed by atoms with Crippen LogP contribution in [0.5, 0.6) is 0 Å². The maximum absolute atomic E-state index is 9.77. The highest BCUT2D eigenvalue weighted by molar-refractivity contribution is 4.81. The number of hydrogen-bond acceptors (Lipinski definition) is 2. The van der Waals surface area contributed by atoms with Crippen molar-refractivity contribution in [3.63, 3.8) is 0 Å². The fourth-order valence-electron chi connectivity index (χ4n) is 3.11. The normalized spacial score (nSPS) is 27.8. The van der Waals surface area contributed by atoms with E-state index in [1.807, 2.05) is 0 Å². The monoisotopic (exact) mass is 255 g/mol. The van der Waals surface area contributed by atoms with Gasteiger partial charge in [-0.3, -0.25) is 0 Å². The molecule has 0 bridgehead atoms. The van der Waals surface area contributed by atoms with Crippen molar-refractivity contribution in [1.82, 2.24) is 5.32 Å². The van der Waals surface area contributed by atoms with Crippen molar-refractivity contribution in [3.05, 3.63) is 0 Å². The lowest BCUT2D eigenvalue weighted by molar-refractivity contribution is 0.154. The standard InChI is InChI=1S/C16H33NO/c1-5-7-15(18)12-17-14-9-6-8-13(10-11-14)16(2,3)4/h13-15,17-18H,5-12H2,1-4H3. The molecule has 108 valence electrons. The van der Waals surface area contributed by atoms with E-state index < -0.39 is 0 Å². The van der Waals surface area contributed by atoms with E-state index >= 15 is 0 Å². The maximum Gasteiger partial charge on any atom is 0.0664 e. The second-order valence-electron chi connectivity index (χ2n) is 7.12. The first-order valence-electron chi connectivity index (χ1n) is 7.85. The zero-order valence-corrected chi connectivity index (χ0v) is 12.8. The van der Waals surface area contributed by atoms with Crippen LogP contribution in [0.25, 0.3) is 0 Å². The number of rotatable bonds is 5. The molecule has 1 rings (SSSR count). The van der Waals surface area contributed by atoms with E-state index in [0.29, 0.717) is 11.5 Å². The van der Waals surface area contributed by atoms with Crippen molar-refractivity contribution in [1.29, 1.82) is 0 Å². The zero-order valence-electron chi connectivity index (χ0n) is 12.8. The van der Waals surface area contributed by atoms with Crippen LogP contribution < -0.4 is 5.32 Å². The predicted molar refractivity (Wildman–Crippen MR) is 78.7 cm³/mol. The lowest BCUT2D eigenvalue weighted by atomic mass is 9.76. The van der Waals surface area contributed by atoms with Crippen LogP contribution in [0.15, 0.2) is 0 Å². The minimum Gasteiger partial charge on any atom is -0.392 e. The van der Waals surface area contributed by atoms with Crippen molar-refractivity contribution in [2.75, 3.05) is 6.54 Å². The highest BCUT2D eigenvalue weighted by Gasteiger charge is 2.27. The summed E-state index contributed by atoms with van der Waals surface area (Å²) in [6.07, 6.45) is 8.45. The third-order valence-electron chi connectivity index (χ3n) is 4.46. The van der Waals surface area contributed by atoms with Crippen molar-refractivity contribution >= 4 is 0 Å². The largest absolute Gasteiger partial charge is 0.392 e. The molecule has 0 aromatic heterocycles. The molecule has 0 heterocycles. The number of nitrogens with one attached hydrogen (secondary N) is 1. The number of hydrogen-bond donors (Lipinski definition) is 2. The SMILES string of the molecule is CCCC(O)CNC1CCCC(C(C)(C)C)CC1. The van der Waals surface area contributed by atoms with E-state index in [9.17, 15) is 5.11 Å². The molecule has 1 aliphatic carbocycles. The van der Waals surface area contributed by atoms with E-state index in [0.717, 1.165) is 25.3 Å². The summed E-state index contributed by atoms with van der Waals surface area (Å²) in [5.41, 5.74) is 0.455. The smallest absolute Gasteiger partial charge is 0.0664 e. The van der Waals surface area contributed by atoms with E-state index in [1.165, 1.54) is 32.1 Å². The van der Waals surface area contributed by atoms with E-state index in [-0.39, 0.29) is 6.10 Å². The molecule has 2 N–H and O–H groups in total. The molecule has 0 amide bonds. The van der Waals surface area contributed by atoms with Gasteiger partial charge < -0.3 is 10.4 Å². The Bertz CT molecular complexity index is 222. The van der Waals surface area contributed by atoms with Gasteiger partial charge in [0.1, 0.15) is 0 Å². The van der Waals surface area contributed by atoms with Crippen LogP contribution in [0.2, 0.25) is 0 Å². The van der Waals surface area contributed by atoms with Crippen LogP contribution in [-0.2, 0) is 0 Å². The van der Waals surface area contributed by atoms with Gasteiger partial charge in [-0.2, -0.15) is 0 Å². The lowest BCUT2D eigenvalue weighted by Gasteiger charge is -2.29. The summed E-state index contributed by atoms with van der Waals surface area (Å²) < 4.78 is 0. The van der Waals surface area contributed by atoms with E-state index in [4.69, 9.17) is 0 Å². The molecule has 1 aliphatic rings. The van der Waals surface area contributed by atoms with Gasteiger partial charge in [0, 0.05) is 12.6 Å². The number of aliphatic hydroxyl groups excluding tert-OH is 1. The van der Waals surface area contributed by atoms with Crippen LogP contribution in [0.1, 0.15) is 72.6 Å². The van der Waals surface area contributed by atoms with Crippen molar-refractivity contribution in [2.24, 2.45) is 11.3 Å². The first-order valence-corrected chi connectivity index (χ1v) is 7.85. The van der Waals surface area contributed by atoms with Crippen LogP contribution in [0.3, 0.4) is 0 Å². The Balaban J connectivity index is 2.29. The maximum atomic E-state index is 9.77. The Morgan fingerprint density at radius 3 is 2.50 bits per heavy atom. The molecule has 0 saturated heterocycles. The molecule has 18 heavy (non-hydrogen) atoms. The van der Waals surface area contributed by atoms with Crippen LogP contribution >= 0.6 is 0 Å². The zero-order chi connectivity index (χ0) is 13.6. The second-order valence-corrected chi connectivity index (χ2v) is 7.12. The van der Waals surface area contributed by atoms with Crippen molar-refractivity contribution in [3.8, 4) is 0 Å². The Morgan fingerprint density at radius 2 is 1.89 bits per heavy atom. The average Bonchev–Trinajstić information content (AvgIpc) is 2.51. The molecule has 0 aromatic rings. The summed E-state index contributed by atoms with van der Waals surface area (Å²) in [5.74, 6) is 0.866. The fourth-order valence-corrected chi connectivity index (χ4v) is 3.11. The fraction of sp³-hybridized carbons (Fsp3) is 1.00. The molecule has 3 unspecified atom stereocenters. The van der Waals surface area contributed by atoms with Crippen LogP contribution in [-0.4, -0.2) is 23.8 Å². The molecule has 2 heteroatoms. The van der Waals surface area contributed by atoms with E-state index in [2.05, 4.69) is 33.0 Å². The Hall–Kier alpha value is -0.0800. The molecule has 0 aromatic carbocycles. The third-order valence-corrected chi connectivity index (χ3v) is 4.46. The van der Waals surface area contributed by atoms with Crippen molar-refractivity contribution in [2.45, 2.75) is 84.8 Å². The highest BCUT2D eigenvalue weighted by Crippen LogP contribution is 2.36. The van der Waals surface area contributed by atoms with Crippen LogP contribution in [0.4, 0.5) is 0 Å². The predicted octanol–water partition coefficient (Wildman–Crippen LogP) is 3.73. The lowest BCUT2D eigenvalue weighted by Crippen LogP contribution is -2.35. The first kappa shape index (κ1) is 16.0. The summed E-state index contributed by atoms with van der Waals surface area (Å²) in [6, 6.07) is 0.629. The minimum atomic E-state index is -0.156. The summed E-state index contributed by atoms with van der Waals surface area (Å²) in [7, 11) is 0. The number of aliphatic hydroxyl groups is 1. The van der Waals surface area contributed by atoms with Gasteiger partial charge in [-0.05, 0) is 43.4 Å². The summed E-state index contributed by atoms with van der Waals surface area (Å²) in [5, 5.41) is 13.3. The van der Waals surface area contributed by atoms with Gasteiger partial charge in [-0.25, -0.2) is 0 Å². The molecular formula is C16H33NO. The Labute approximate surface area is 114 Å². The quantitative estimate of drug-likeness (QED) is 0.734. The molecule has 3 atom stereocenters. The average molecular weight is 255 g/mol. The highest BCUT2D eigenvalue weighted by atomic mass is 16.3. The van der Waals surface area contributed by atoms with Gasteiger partial charge >= 0.3 is 0 Å². The Kier molecular flexibility index (Phi) is 6.65. The second kappa shape index (κ2) is 7.49. The molecule has 1 saturated carbocycles.